The van der Waals surface area contributed by atoms with Gasteiger partial charge in [0.25, 0.3) is 5.91 Å². The molecule has 0 unspecified atom stereocenters. The molecule has 2 rings (SSSR count). The third-order valence-corrected chi connectivity index (χ3v) is 3.01. The lowest BCUT2D eigenvalue weighted by Gasteiger charge is -2.12. The van der Waals surface area contributed by atoms with E-state index in [4.69, 9.17) is 4.74 Å². The summed E-state index contributed by atoms with van der Waals surface area (Å²) < 4.78 is 18.4. The van der Waals surface area contributed by atoms with E-state index in [2.05, 4.69) is 5.32 Å². The number of nitrogens with one attached hydrogen (secondary N) is 1. The number of para-hydroxylation sites is 1. The molecule has 0 fully saturated rings. The maximum atomic E-state index is 13.4. The molecule has 0 aromatic heterocycles. The van der Waals surface area contributed by atoms with Crippen LogP contribution in [0.3, 0.4) is 0 Å². The van der Waals surface area contributed by atoms with E-state index in [1.54, 1.807) is 36.4 Å². The molecule has 0 spiro atoms. The Bertz CT molecular complexity index is 713. The Labute approximate surface area is 133 Å². The number of carbonyl (C=O) groups is 2. The second kappa shape index (κ2) is 7.89. The summed E-state index contributed by atoms with van der Waals surface area (Å²) in [6.45, 7) is 1.47. The lowest BCUT2D eigenvalue weighted by Crippen LogP contribution is -2.29. The summed E-state index contributed by atoms with van der Waals surface area (Å²) >= 11 is 0. The Balaban J connectivity index is 1.89. The summed E-state index contributed by atoms with van der Waals surface area (Å²) in [5.74, 6) is -1.60. The van der Waals surface area contributed by atoms with Crippen LogP contribution in [-0.4, -0.2) is 18.0 Å². The molecule has 1 N–H and O–H groups in total. The van der Waals surface area contributed by atoms with Crippen molar-refractivity contribution in [1.82, 2.24) is 0 Å². The molecule has 0 saturated heterocycles. The van der Waals surface area contributed by atoms with Crippen LogP contribution in [0, 0.1) is 5.82 Å². The number of anilines is 1. The van der Waals surface area contributed by atoms with Gasteiger partial charge in [-0.05, 0) is 31.2 Å². The largest absolute Gasteiger partial charge is 0.449 e. The Hall–Kier alpha value is -2.95. The summed E-state index contributed by atoms with van der Waals surface area (Å²) in [6.07, 6.45) is 1.43. The Morgan fingerprint density at radius 3 is 2.43 bits per heavy atom. The average molecular weight is 313 g/mol. The predicted molar refractivity (Wildman–Crippen MR) is 86.1 cm³/mol. The summed E-state index contributed by atoms with van der Waals surface area (Å²) in [7, 11) is 0. The minimum absolute atomic E-state index is 0.269. The molecule has 0 aliphatic carbocycles. The Morgan fingerprint density at radius 2 is 1.74 bits per heavy atom. The zero-order valence-electron chi connectivity index (χ0n) is 12.5. The molecule has 2 aromatic carbocycles. The molecule has 0 bridgehead atoms. The topological polar surface area (TPSA) is 55.4 Å². The molecule has 23 heavy (non-hydrogen) atoms. The van der Waals surface area contributed by atoms with E-state index >= 15 is 0 Å². The lowest BCUT2D eigenvalue weighted by atomic mass is 10.2. The van der Waals surface area contributed by atoms with Crippen molar-refractivity contribution in [1.29, 1.82) is 0 Å². The second-order valence-electron chi connectivity index (χ2n) is 4.79. The van der Waals surface area contributed by atoms with Gasteiger partial charge in [0.1, 0.15) is 5.82 Å². The van der Waals surface area contributed by atoms with Crippen molar-refractivity contribution in [3.05, 3.63) is 72.1 Å². The van der Waals surface area contributed by atoms with Gasteiger partial charge < -0.3 is 10.1 Å². The quantitative estimate of drug-likeness (QED) is 0.680. The highest BCUT2D eigenvalue weighted by molar-refractivity contribution is 5.96. The first-order valence-electron chi connectivity index (χ1n) is 7.05. The molecular formula is C18H16FNO3. The molecule has 5 heteroatoms. The number of benzene rings is 2. The van der Waals surface area contributed by atoms with Crippen molar-refractivity contribution in [2.75, 3.05) is 5.32 Å². The highest BCUT2D eigenvalue weighted by Gasteiger charge is 2.16. The van der Waals surface area contributed by atoms with Crippen LogP contribution in [0.5, 0.6) is 0 Å². The number of hydrogen-bond donors (Lipinski definition) is 1. The number of hydrogen-bond acceptors (Lipinski definition) is 3. The van der Waals surface area contributed by atoms with E-state index in [1.165, 1.54) is 25.1 Å². The zero-order valence-corrected chi connectivity index (χ0v) is 12.5. The molecule has 118 valence electrons. The van der Waals surface area contributed by atoms with Crippen LogP contribution >= 0.6 is 0 Å². The van der Waals surface area contributed by atoms with Gasteiger partial charge >= 0.3 is 5.97 Å². The molecule has 2 aromatic rings. The van der Waals surface area contributed by atoms with Gasteiger partial charge in [-0.15, -0.1) is 0 Å². The molecule has 1 amide bonds. The third kappa shape index (κ3) is 5.07. The minimum Gasteiger partial charge on any atom is -0.449 e. The lowest BCUT2D eigenvalue weighted by molar-refractivity contribution is -0.148. The minimum atomic E-state index is -0.965. The van der Waals surface area contributed by atoms with Crippen LogP contribution in [0.1, 0.15) is 12.5 Å². The maximum absolute atomic E-state index is 13.4. The molecule has 4 nitrogen and oxygen atoms in total. The van der Waals surface area contributed by atoms with Crippen LogP contribution in [0.15, 0.2) is 60.7 Å². The number of halogens is 1. The molecular weight excluding hydrogens is 297 g/mol. The van der Waals surface area contributed by atoms with Crippen molar-refractivity contribution in [2.45, 2.75) is 13.0 Å². The molecule has 0 aliphatic heterocycles. The summed E-state index contributed by atoms with van der Waals surface area (Å²) in [5.41, 5.74) is 0.883. The highest BCUT2D eigenvalue weighted by atomic mass is 19.1. The second-order valence-corrected chi connectivity index (χ2v) is 4.79. The number of rotatable bonds is 5. The molecule has 1 atom stereocenters. The van der Waals surface area contributed by atoms with Crippen molar-refractivity contribution < 1.29 is 18.7 Å². The number of esters is 1. The Kier molecular flexibility index (Phi) is 5.63. The fraction of sp³-hybridized carbons (Fsp3) is 0.111. The van der Waals surface area contributed by atoms with E-state index < -0.39 is 23.8 Å². The molecule has 0 radical (unpaired) electrons. The van der Waals surface area contributed by atoms with E-state index in [0.717, 1.165) is 6.08 Å². The number of carbonyl (C=O) groups excluding carboxylic acids is 2. The van der Waals surface area contributed by atoms with Gasteiger partial charge in [-0.25, -0.2) is 9.18 Å². The van der Waals surface area contributed by atoms with Crippen molar-refractivity contribution in [3.8, 4) is 0 Å². The molecule has 0 aliphatic rings. The van der Waals surface area contributed by atoms with Gasteiger partial charge in [0, 0.05) is 17.3 Å². The van der Waals surface area contributed by atoms with Crippen LogP contribution in [0.4, 0.5) is 10.1 Å². The zero-order chi connectivity index (χ0) is 16.7. The fourth-order valence-corrected chi connectivity index (χ4v) is 1.80. The van der Waals surface area contributed by atoms with E-state index in [-0.39, 0.29) is 5.56 Å². The van der Waals surface area contributed by atoms with Crippen LogP contribution in [0.25, 0.3) is 6.08 Å². The van der Waals surface area contributed by atoms with Gasteiger partial charge in [0.15, 0.2) is 6.10 Å². The SMILES string of the molecule is C[C@@H](OC(=O)/C=C/c1ccccc1F)C(=O)Nc1ccccc1. The summed E-state index contributed by atoms with van der Waals surface area (Å²) in [5, 5.41) is 2.63. The Morgan fingerprint density at radius 1 is 1.09 bits per heavy atom. The van der Waals surface area contributed by atoms with Gasteiger partial charge in [-0.3, -0.25) is 4.79 Å². The van der Waals surface area contributed by atoms with Crippen molar-refractivity contribution >= 4 is 23.6 Å². The maximum Gasteiger partial charge on any atom is 0.331 e. The van der Waals surface area contributed by atoms with Crippen molar-refractivity contribution in [2.24, 2.45) is 0 Å². The predicted octanol–water partition coefficient (Wildman–Crippen LogP) is 3.41. The number of ether oxygens (including phenoxy) is 1. The normalized spacial score (nSPS) is 11.9. The number of amides is 1. The first-order valence-corrected chi connectivity index (χ1v) is 7.05. The van der Waals surface area contributed by atoms with Crippen LogP contribution < -0.4 is 5.32 Å². The monoisotopic (exact) mass is 313 g/mol. The van der Waals surface area contributed by atoms with E-state index in [0.29, 0.717) is 5.69 Å². The van der Waals surface area contributed by atoms with Crippen LogP contribution in [-0.2, 0) is 14.3 Å². The van der Waals surface area contributed by atoms with Gasteiger partial charge in [-0.1, -0.05) is 36.4 Å². The highest BCUT2D eigenvalue weighted by Crippen LogP contribution is 2.09. The molecule has 0 heterocycles. The van der Waals surface area contributed by atoms with Gasteiger partial charge in [0.05, 0.1) is 0 Å². The fourth-order valence-electron chi connectivity index (χ4n) is 1.80. The van der Waals surface area contributed by atoms with Crippen LogP contribution in [0.2, 0.25) is 0 Å². The van der Waals surface area contributed by atoms with Crippen molar-refractivity contribution in [3.63, 3.8) is 0 Å². The first kappa shape index (κ1) is 16.4. The molecule has 0 saturated carbocycles. The van der Waals surface area contributed by atoms with E-state index in [9.17, 15) is 14.0 Å². The smallest absolute Gasteiger partial charge is 0.331 e. The van der Waals surface area contributed by atoms with Gasteiger partial charge in [-0.2, -0.15) is 0 Å². The van der Waals surface area contributed by atoms with Gasteiger partial charge in [0.2, 0.25) is 0 Å². The summed E-state index contributed by atoms with van der Waals surface area (Å²) in [4.78, 5) is 23.6. The van der Waals surface area contributed by atoms with E-state index in [1.807, 2.05) is 6.07 Å². The standard InChI is InChI=1S/C18H16FNO3/c1-13(18(22)20-15-8-3-2-4-9-15)23-17(21)12-11-14-7-5-6-10-16(14)19/h2-13H,1H3,(H,20,22)/b12-11+/t13-/m1/s1. The first-order chi connectivity index (χ1) is 11.1. The average Bonchev–Trinajstić information content (AvgIpc) is 2.55. The third-order valence-electron chi connectivity index (χ3n) is 3.01. The summed E-state index contributed by atoms with van der Waals surface area (Å²) in [6, 6.07) is 14.9.